The molecule has 0 bridgehead atoms. The van der Waals surface area contributed by atoms with E-state index in [-0.39, 0.29) is 5.56 Å². The highest BCUT2D eigenvalue weighted by Crippen LogP contribution is 2.21. The molecule has 0 radical (unpaired) electrons. The Morgan fingerprint density at radius 1 is 1.12 bits per heavy atom. The molecule has 0 spiro atoms. The second-order valence-electron chi connectivity index (χ2n) is 6.62. The molecule has 0 aliphatic carbocycles. The highest BCUT2D eigenvalue weighted by molar-refractivity contribution is 5.98. The lowest BCUT2D eigenvalue weighted by Gasteiger charge is -2.36. The van der Waals surface area contributed by atoms with Crippen LogP contribution in [0, 0.1) is 23.7 Å². The van der Waals surface area contributed by atoms with Crippen molar-refractivity contribution in [3.8, 4) is 23.7 Å². The molecule has 2 aromatic rings. The molecule has 1 aromatic carbocycles. The van der Waals surface area contributed by atoms with E-state index < -0.39 is 35.9 Å². The number of benzene rings is 1. The van der Waals surface area contributed by atoms with Crippen LogP contribution in [0.5, 0.6) is 0 Å². The van der Waals surface area contributed by atoms with Crippen LogP contribution in [0.25, 0.3) is 0 Å². The van der Waals surface area contributed by atoms with Gasteiger partial charge in [0.25, 0.3) is 18.2 Å². The fourth-order valence-corrected chi connectivity index (χ4v) is 2.51. The summed E-state index contributed by atoms with van der Waals surface area (Å²) < 4.78 is 32.4. The van der Waals surface area contributed by atoms with Gasteiger partial charge in [0, 0.05) is 24.2 Å². The zero-order chi connectivity index (χ0) is 24.4. The summed E-state index contributed by atoms with van der Waals surface area (Å²) in [5.74, 6) is 8.62. The van der Waals surface area contributed by atoms with Gasteiger partial charge in [-0.05, 0) is 49.0 Å². The molecule has 12 heteroatoms. The van der Waals surface area contributed by atoms with Gasteiger partial charge in [-0.15, -0.1) is 0 Å². The fraction of sp³-hybridized carbons (Fsp3) is 0.238. The van der Waals surface area contributed by atoms with Crippen LogP contribution >= 0.6 is 0 Å². The third-order valence-corrected chi connectivity index (χ3v) is 4.35. The van der Waals surface area contributed by atoms with Crippen molar-refractivity contribution in [1.82, 2.24) is 26.6 Å². The summed E-state index contributed by atoms with van der Waals surface area (Å²) in [5, 5.41) is 18.6. The average molecular weight is 459 g/mol. The number of carbonyl (C=O) groups is 3. The zero-order valence-electron chi connectivity index (χ0n) is 17.4. The lowest BCUT2D eigenvalue weighted by Crippen LogP contribution is -2.69. The average Bonchev–Trinajstić information content (AvgIpc) is 3.33. The lowest BCUT2D eigenvalue weighted by molar-refractivity contribution is -0.135. The molecule has 0 fully saturated rings. The van der Waals surface area contributed by atoms with Gasteiger partial charge in [0.05, 0.1) is 6.20 Å². The number of amides is 4. The molecule has 0 saturated heterocycles. The van der Waals surface area contributed by atoms with Crippen LogP contribution in [0.2, 0.25) is 0 Å². The lowest BCUT2D eigenvalue weighted by atomic mass is 9.91. The molecule has 33 heavy (non-hydrogen) atoms. The summed E-state index contributed by atoms with van der Waals surface area (Å²) in [6, 6.07) is 4.19. The van der Waals surface area contributed by atoms with Crippen molar-refractivity contribution in [2.75, 3.05) is 7.05 Å². The Bertz CT molecular complexity index is 1110. The van der Waals surface area contributed by atoms with Gasteiger partial charge in [-0.2, -0.15) is 0 Å². The first-order valence-electron chi connectivity index (χ1n) is 9.27. The maximum Gasteiger partial charge on any atom is 0.315 e. The van der Waals surface area contributed by atoms with Crippen molar-refractivity contribution >= 4 is 17.8 Å². The Kier molecular flexibility index (Phi) is 8.49. The monoisotopic (exact) mass is 459 g/mol. The minimum atomic E-state index is -3.28. The van der Waals surface area contributed by atoms with Gasteiger partial charge in [-0.25, -0.2) is 19.1 Å². The number of hydrogen-bond acceptors (Lipinski definition) is 6. The van der Waals surface area contributed by atoms with Crippen molar-refractivity contribution in [2.45, 2.75) is 24.9 Å². The van der Waals surface area contributed by atoms with E-state index in [1.165, 1.54) is 43.0 Å². The molecule has 0 saturated carbocycles. The van der Waals surface area contributed by atoms with Crippen molar-refractivity contribution in [3.63, 3.8) is 0 Å². The quantitative estimate of drug-likeness (QED) is 0.243. The van der Waals surface area contributed by atoms with E-state index in [1.54, 1.807) is 6.07 Å². The van der Waals surface area contributed by atoms with Crippen molar-refractivity contribution in [1.29, 1.82) is 0 Å². The van der Waals surface area contributed by atoms with Crippen LogP contribution in [0.1, 0.15) is 28.6 Å². The molecule has 1 heterocycles. The summed E-state index contributed by atoms with van der Waals surface area (Å²) in [5.41, 5.74) is -0.808. The second-order valence-corrected chi connectivity index (χ2v) is 6.62. The molecular weight excluding hydrogens is 440 g/mol. The topological polar surface area (TPSA) is 146 Å². The minimum absolute atomic E-state index is 0.0144. The fourth-order valence-electron chi connectivity index (χ4n) is 2.51. The summed E-state index contributed by atoms with van der Waals surface area (Å²) >= 11 is 0. The standard InChI is InChI=1S/C21H19F2N5O5/c1-21(19(22)23,27-20(31)24-2)16(18(30)28-32)26-17(29)14-9-7-13(8-10-14)5-3-4-6-15-11-12-25-33-15/h7-12,16,19,32H,1-2H3,(H,26,29)(H,28,30)(H2,24,27,31). The number of nitrogens with zero attached hydrogens (tertiary/aromatic N) is 1. The maximum atomic E-state index is 13.8. The minimum Gasteiger partial charge on any atom is -0.348 e. The molecule has 2 rings (SSSR count). The third kappa shape index (κ3) is 6.53. The number of aromatic nitrogens is 1. The van der Waals surface area contributed by atoms with E-state index >= 15 is 0 Å². The third-order valence-electron chi connectivity index (χ3n) is 4.35. The van der Waals surface area contributed by atoms with Crippen LogP contribution in [-0.2, 0) is 4.79 Å². The zero-order valence-corrected chi connectivity index (χ0v) is 17.4. The first kappa shape index (κ1) is 24.8. The van der Waals surface area contributed by atoms with E-state index in [2.05, 4.69) is 39.5 Å². The molecule has 4 amide bonds. The first-order valence-corrected chi connectivity index (χ1v) is 9.27. The van der Waals surface area contributed by atoms with Crippen LogP contribution in [0.3, 0.4) is 0 Å². The number of alkyl halides is 2. The van der Waals surface area contributed by atoms with Gasteiger partial charge < -0.3 is 20.5 Å². The summed E-state index contributed by atoms with van der Waals surface area (Å²) in [4.78, 5) is 36.3. The Hall–Kier alpha value is -4.42. The summed E-state index contributed by atoms with van der Waals surface area (Å²) in [6.45, 7) is 0.853. The smallest absolute Gasteiger partial charge is 0.315 e. The van der Waals surface area contributed by atoms with Crippen molar-refractivity contribution in [2.24, 2.45) is 0 Å². The van der Waals surface area contributed by atoms with Gasteiger partial charge in [0.15, 0.2) is 0 Å². The number of carbonyl (C=O) groups excluding carboxylic acids is 3. The number of halogens is 2. The predicted octanol–water partition coefficient (Wildman–Crippen LogP) is 0.634. The highest BCUT2D eigenvalue weighted by Gasteiger charge is 2.48. The molecule has 172 valence electrons. The molecule has 5 N–H and O–H groups in total. The van der Waals surface area contributed by atoms with Crippen LogP contribution in [-0.4, -0.2) is 53.3 Å². The van der Waals surface area contributed by atoms with E-state index in [0.29, 0.717) is 11.3 Å². The van der Waals surface area contributed by atoms with E-state index in [0.717, 1.165) is 6.92 Å². The van der Waals surface area contributed by atoms with Gasteiger partial charge >= 0.3 is 6.03 Å². The van der Waals surface area contributed by atoms with E-state index in [4.69, 9.17) is 9.73 Å². The Balaban J connectivity index is 2.19. The van der Waals surface area contributed by atoms with Crippen molar-refractivity contribution < 1.29 is 32.9 Å². The second kappa shape index (κ2) is 11.3. The normalized spacial score (nSPS) is 12.7. The van der Waals surface area contributed by atoms with E-state index in [1.807, 2.05) is 5.32 Å². The van der Waals surface area contributed by atoms with Crippen molar-refractivity contribution in [3.05, 3.63) is 53.4 Å². The van der Waals surface area contributed by atoms with Crippen LogP contribution in [0.15, 0.2) is 41.1 Å². The highest BCUT2D eigenvalue weighted by atomic mass is 19.3. The largest absolute Gasteiger partial charge is 0.348 e. The van der Waals surface area contributed by atoms with Gasteiger partial charge in [-0.1, -0.05) is 11.1 Å². The maximum absolute atomic E-state index is 13.8. The SMILES string of the molecule is CNC(=O)NC(C)(C(F)F)C(NC(=O)c1ccc(C#CC#Cc2ccno2)cc1)C(=O)NO. The molecular formula is C21H19F2N5O5. The molecule has 0 aliphatic heterocycles. The molecule has 1 aromatic heterocycles. The van der Waals surface area contributed by atoms with Gasteiger partial charge in [0.1, 0.15) is 11.6 Å². The van der Waals surface area contributed by atoms with E-state index in [9.17, 15) is 23.2 Å². The Morgan fingerprint density at radius 3 is 2.33 bits per heavy atom. The Morgan fingerprint density at radius 2 is 1.79 bits per heavy atom. The molecule has 2 unspecified atom stereocenters. The summed E-state index contributed by atoms with van der Waals surface area (Å²) in [7, 11) is 1.19. The molecule has 2 atom stereocenters. The number of nitrogens with one attached hydrogen (secondary N) is 4. The Labute approximate surface area is 187 Å². The van der Waals surface area contributed by atoms with Gasteiger partial charge in [-0.3, -0.25) is 14.8 Å². The number of hydroxylamine groups is 1. The van der Waals surface area contributed by atoms with Crippen LogP contribution < -0.4 is 21.4 Å². The summed E-state index contributed by atoms with van der Waals surface area (Å²) in [6.07, 6.45) is -1.85. The molecule has 0 aliphatic rings. The predicted molar refractivity (Wildman–Crippen MR) is 110 cm³/mol. The molecule has 10 nitrogen and oxygen atoms in total. The number of urea groups is 1. The number of hydrogen-bond donors (Lipinski definition) is 5. The first-order chi connectivity index (χ1) is 15.7. The number of rotatable bonds is 6. The van der Waals surface area contributed by atoms with Crippen LogP contribution in [0.4, 0.5) is 13.6 Å². The van der Waals surface area contributed by atoms with Gasteiger partial charge in [0.2, 0.25) is 5.76 Å².